The quantitative estimate of drug-likeness (QED) is 0.724. The fourth-order valence-electron chi connectivity index (χ4n) is 2.97. The van der Waals surface area contributed by atoms with Crippen molar-refractivity contribution in [3.05, 3.63) is 0 Å². The Morgan fingerprint density at radius 3 is 2.35 bits per heavy atom. The Morgan fingerprint density at radius 2 is 1.80 bits per heavy atom. The third kappa shape index (κ3) is 3.29. The normalized spacial score (nSPS) is 35.4. The minimum Gasteiger partial charge on any atom is -0.392 e. The van der Waals surface area contributed by atoms with Crippen molar-refractivity contribution in [1.29, 1.82) is 0 Å². The molecule has 2 rings (SSSR count). The van der Waals surface area contributed by atoms with Gasteiger partial charge in [-0.25, -0.2) is 0 Å². The lowest BCUT2D eigenvalue weighted by Gasteiger charge is -2.42. The van der Waals surface area contributed by atoms with Gasteiger partial charge in [0.1, 0.15) is 0 Å². The Morgan fingerprint density at radius 1 is 1.15 bits per heavy atom. The minimum absolute atomic E-state index is 0.0362. The summed E-state index contributed by atoms with van der Waals surface area (Å²) in [7, 11) is -1.76. The van der Waals surface area contributed by atoms with E-state index in [9.17, 15) is 0 Å². The molecule has 2 saturated heterocycles. The molecule has 0 aromatic rings. The molecular weight excluding hydrogens is 268 g/mol. The van der Waals surface area contributed by atoms with E-state index in [1.807, 2.05) is 0 Å². The number of fused-ring (bicyclic) bond motifs is 1. The second-order valence-corrected chi connectivity index (χ2v) is 13.1. The monoisotopic (exact) mass is 300 g/mol. The Bertz CT molecular complexity index is 335. The zero-order chi connectivity index (χ0) is 15.1. The van der Waals surface area contributed by atoms with Crippen LogP contribution >= 0.6 is 0 Å². The van der Waals surface area contributed by atoms with Gasteiger partial charge in [-0.2, -0.15) is 0 Å². The number of hydrogen-bond acceptors (Lipinski definition) is 3. The third-order valence-corrected chi connectivity index (χ3v) is 9.93. The van der Waals surface area contributed by atoms with E-state index in [2.05, 4.69) is 47.7 Å². The van der Waals surface area contributed by atoms with E-state index in [-0.39, 0.29) is 17.6 Å². The molecule has 0 bridgehead atoms. The summed E-state index contributed by atoms with van der Waals surface area (Å²) in [5.74, 6) is 1.88. The highest BCUT2D eigenvalue weighted by Crippen LogP contribution is 2.43. The maximum Gasteiger partial charge on any atom is 0.195 e. The first-order valence-corrected chi connectivity index (χ1v) is 11.0. The average Bonchev–Trinajstić information content (AvgIpc) is 2.69. The lowest BCUT2D eigenvalue weighted by molar-refractivity contribution is -0.242. The van der Waals surface area contributed by atoms with E-state index in [1.54, 1.807) is 0 Å². The smallest absolute Gasteiger partial charge is 0.195 e. The van der Waals surface area contributed by atoms with Crippen LogP contribution in [0, 0.1) is 17.8 Å². The Balaban J connectivity index is 1.94. The Labute approximate surface area is 125 Å². The van der Waals surface area contributed by atoms with Crippen LogP contribution in [-0.2, 0) is 13.9 Å². The fourth-order valence-corrected chi connectivity index (χ4v) is 4.15. The van der Waals surface area contributed by atoms with Crippen LogP contribution in [0.3, 0.4) is 0 Å². The van der Waals surface area contributed by atoms with Crippen LogP contribution in [0.15, 0.2) is 0 Å². The minimum atomic E-state index is -1.76. The molecule has 0 amide bonds. The first kappa shape index (κ1) is 16.5. The predicted molar refractivity (Wildman–Crippen MR) is 83.9 cm³/mol. The van der Waals surface area contributed by atoms with Gasteiger partial charge < -0.3 is 13.9 Å². The first-order valence-electron chi connectivity index (χ1n) is 8.07. The predicted octanol–water partition coefficient (Wildman–Crippen LogP) is 4.39. The summed E-state index contributed by atoms with van der Waals surface area (Å²) >= 11 is 0. The van der Waals surface area contributed by atoms with E-state index < -0.39 is 8.32 Å². The lowest BCUT2D eigenvalue weighted by atomic mass is 9.82. The van der Waals surface area contributed by atoms with Gasteiger partial charge in [-0.1, -0.05) is 34.6 Å². The van der Waals surface area contributed by atoms with Gasteiger partial charge in [-0.05, 0) is 42.8 Å². The van der Waals surface area contributed by atoms with Gasteiger partial charge in [-0.15, -0.1) is 0 Å². The van der Waals surface area contributed by atoms with Crippen LogP contribution < -0.4 is 0 Å². The van der Waals surface area contributed by atoms with Crippen LogP contribution in [0.4, 0.5) is 0 Å². The average molecular weight is 301 g/mol. The molecule has 4 heteroatoms. The zero-order valence-electron chi connectivity index (χ0n) is 14.2. The molecule has 0 aromatic heterocycles. The van der Waals surface area contributed by atoms with Crippen molar-refractivity contribution in [2.24, 2.45) is 17.8 Å². The second-order valence-electron chi connectivity index (χ2n) is 8.29. The molecule has 20 heavy (non-hydrogen) atoms. The molecule has 4 atom stereocenters. The van der Waals surface area contributed by atoms with E-state index >= 15 is 0 Å². The second kappa shape index (κ2) is 5.71. The fraction of sp³-hybridized carbons (Fsp3) is 1.00. The van der Waals surface area contributed by atoms with Crippen molar-refractivity contribution in [1.82, 2.24) is 0 Å². The van der Waals surface area contributed by atoms with Gasteiger partial charge in [0, 0.05) is 5.92 Å². The summed E-state index contributed by atoms with van der Waals surface area (Å²) in [6.07, 6.45) is 2.08. The van der Waals surface area contributed by atoms with Crippen LogP contribution in [-0.4, -0.2) is 27.5 Å². The summed E-state index contributed by atoms with van der Waals surface area (Å²) in [6, 6.07) is 0. The van der Waals surface area contributed by atoms with Gasteiger partial charge in [-0.3, -0.25) is 0 Å². The summed E-state index contributed by atoms with van der Waals surface area (Å²) in [4.78, 5) is 0. The van der Waals surface area contributed by atoms with Crippen molar-refractivity contribution < 1.29 is 13.9 Å². The SMILES string of the molecule is CC(C)C1CO[C@H]2OC(O[Si](C)(C)C(C)(C)C)CC[C@@H]12. The summed E-state index contributed by atoms with van der Waals surface area (Å²) in [5, 5.41) is 0.226. The largest absolute Gasteiger partial charge is 0.392 e. The summed E-state index contributed by atoms with van der Waals surface area (Å²) in [5.41, 5.74) is 0. The molecule has 0 saturated carbocycles. The van der Waals surface area contributed by atoms with Gasteiger partial charge in [0.2, 0.25) is 0 Å². The number of ether oxygens (including phenoxy) is 2. The molecule has 2 fully saturated rings. The lowest BCUT2D eigenvalue weighted by Crippen LogP contribution is -2.47. The molecule has 0 N–H and O–H groups in total. The highest BCUT2D eigenvalue weighted by molar-refractivity contribution is 6.74. The van der Waals surface area contributed by atoms with Crippen LogP contribution in [0.5, 0.6) is 0 Å². The number of hydrogen-bond donors (Lipinski definition) is 0. The molecule has 0 aliphatic carbocycles. The van der Waals surface area contributed by atoms with Gasteiger partial charge in [0.15, 0.2) is 20.9 Å². The number of rotatable bonds is 3. The highest BCUT2D eigenvalue weighted by Gasteiger charge is 2.46. The Hall–Kier alpha value is 0.0969. The van der Waals surface area contributed by atoms with Crippen molar-refractivity contribution in [2.75, 3.05) is 6.61 Å². The van der Waals surface area contributed by atoms with E-state index in [4.69, 9.17) is 13.9 Å². The van der Waals surface area contributed by atoms with Crippen LogP contribution in [0.2, 0.25) is 18.1 Å². The molecule has 2 aliphatic rings. The van der Waals surface area contributed by atoms with E-state index in [0.29, 0.717) is 17.8 Å². The van der Waals surface area contributed by atoms with Crippen molar-refractivity contribution in [3.63, 3.8) is 0 Å². The zero-order valence-corrected chi connectivity index (χ0v) is 15.2. The first-order chi connectivity index (χ1) is 9.12. The molecule has 0 spiro atoms. The molecule has 0 radical (unpaired) electrons. The summed E-state index contributed by atoms with van der Waals surface area (Å²) in [6.45, 7) is 16.8. The molecule has 2 unspecified atom stereocenters. The highest BCUT2D eigenvalue weighted by atomic mass is 28.4. The van der Waals surface area contributed by atoms with Crippen LogP contribution in [0.1, 0.15) is 47.5 Å². The van der Waals surface area contributed by atoms with Gasteiger partial charge in [0.25, 0.3) is 0 Å². The topological polar surface area (TPSA) is 27.7 Å². The van der Waals surface area contributed by atoms with Crippen molar-refractivity contribution in [2.45, 2.75) is 78.2 Å². The van der Waals surface area contributed by atoms with Gasteiger partial charge in [0.05, 0.1) is 6.61 Å². The summed E-state index contributed by atoms with van der Waals surface area (Å²) < 4.78 is 18.4. The standard InChI is InChI=1S/C16H32O3Si/c1-11(2)13-10-17-15-12(13)8-9-14(18-15)19-20(6,7)16(3,4)5/h11-15H,8-10H2,1-7H3/t12-,13?,14?,15-/m0/s1. The maximum absolute atomic E-state index is 6.38. The molecule has 2 heterocycles. The Kier molecular flexibility index (Phi) is 4.70. The maximum atomic E-state index is 6.38. The van der Waals surface area contributed by atoms with E-state index in [1.165, 1.54) is 6.42 Å². The van der Waals surface area contributed by atoms with Crippen LogP contribution in [0.25, 0.3) is 0 Å². The van der Waals surface area contributed by atoms with E-state index in [0.717, 1.165) is 13.0 Å². The molecule has 3 nitrogen and oxygen atoms in total. The third-order valence-electron chi connectivity index (χ3n) is 5.46. The van der Waals surface area contributed by atoms with Gasteiger partial charge >= 0.3 is 0 Å². The van der Waals surface area contributed by atoms with Crippen molar-refractivity contribution in [3.8, 4) is 0 Å². The molecular formula is C16H32O3Si. The molecule has 2 aliphatic heterocycles. The molecule has 118 valence electrons. The van der Waals surface area contributed by atoms with Crippen molar-refractivity contribution >= 4 is 8.32 Å². The molecule has 0 aromatic carbocycles.